The minimum Gasteiger partial charge on any atom is -0.305 e. The van der Waals surface area contributed by atoms with E-state index in [0.717, 1.165) is 4.47 Å². The van der Waals surface area contributed by atoms with Gasteiger partial charge in [0.2, 0.25) is 0 Å². The molecule has 2 aromatic rings. The Bertz CT molecular complexity index is 589. The van der Waals surface area contributed by atoms with Crippen molar-refractivity contribution >= 4 is 55.2 Å². The highest BCUT2D eigenvalue weighted by Gasteiger charge is 2.11. The molecule has 1 aromatic heterocycles. The van der Waals surface area contributed by atoms with Crippen LogP contribution in [0.4, 0.5) is 5.82 Å². The van der Waals surface area contributed by atoms with Crippen molar-refractivity contribution in [3.8, 4) is 0 Å². The lowest BCUT2D eigenvalue weighted by Gasteiger charge is -2.06. The van der Waals surface area contributed by atoms with Crippen LogP contribution in [0.5, 0.6) is 0 Å². The highest BCUT2D eigenvalue weighted by Crippen LogP contribution is 2.22. The molecule has 2 rings (SSSR count). The zero-order valence-electron chi connectivity index (χ0n) is 8.82. The van der Waals surface area contributed by atoms with Crippen molar-refractivity contribution in [2.75, 3.05) is 5.32 Å². The smallest absolute Gasteiger partial charge is 0.258 e. The van der Waals surface area contributed by atoms with Crippen molar-refractivity contribution in [3.63, 3.8) is 0 Å². The largest absolute Gasteiger partial charge is 0.305 e. The minimum atomic E-state index is -0.272. The molecule has 0 bridgehead atoms. The number of nitrogens with one attached hydrogen (secondary N) is 1. The number of amides is 1. The van der Waals surface area contributed by atoms with Gasteiger partial charge in [0.05, 0.1) is 18.0 Å². The second-order valence-electron chi connectivity index (χ2n) is 3.30. The molecule has 92 valence electrons. The predicted octanol–water partition coefficient (Wildman–Crippen LogP) is 3.91. The normalized spacial score (nSPS) is 10.2. The first-order valence-corrected chi connectivity index (χ1v) is 6.76. The van der Waals surface area contributed by atoms with Crippen molar-refractivity contribution in [1.82, 2.24) is 9.97 Å². The molecular weight excluding hydrogens is 385 g/mol. The molecule has 0 spiro atoms. The maximum atomic E-state index is 12.0. The van der Waals surface area contributed by atoms with E-state index in [1.165, 1.54) is 12.4 Å². The van der Waals surface area contributed by atoms with Crippen LogP contribution in [-0.2, 0) is 0 Å². The zero-order chi connectivity index (χ0) is 13.1. The Morgan fingerprint density at radius 2 is 2.00 bits per heavy atom. The van der Waals surface area contributed by atoms with Crippen LogP contribution >= 0.6 is 43.5 Å². The van der Waals surface area contributed by atoms with Gasteiger partial charge in [0.15, 0.2) is 5.82 Å². The fourth-order valence-corrected chi connectivity index (χ4v) is 2.56. The molecule has 1 N–H and O–H groups in total. The summed E-state index contributed by atoms with van der Waals surface area (Å²) in [5.74, 6) is 0.0743. The highest BCUT2D eigenvalue weighted by atomic mass is 79.9. The van der Waals surface area contributed by atoms with Gasteiger partial charge in [-0.25, -0.2) is 9.97 Å². The predicted molar refractivity (Wildman–Crippen MR) is 76.8 cm³/mol. The molecule has 1 heterocycles. The number of rotatable bonds is 2. The van der Waals surface area contributed by atoms with E-state index in [4.69, 9.17) is 11.6 Å². The maximum absolute atomic E-state index is 12.0. The molecular formula is C11H6Br2ClN3O. The SMILES string of the molecule is O=C(Nc1cnc(Cl)cn1)c1ccc(Br)cc1Br. The van der Waals surface area contributed by atoms with Crippen molar-refractivity contribution in [2.45, 2.75) is 0 Å². The molecule has 0 saturated heterocycles. The summed E-state index contributed by atoms with van der Waals surface area (Å²) in [6.07, 6.45) is 2.76. The number of nitrogens with zero attached hydrogens (tertiary/aromatic N) is 2. The molecule has 0 atom stereocenters. The Hall–Kier alpha value is -0.980. The van der Waals surface area contributed by atoms with Crippen molar-refractivity contribution < 1.29 is 4.79 Å². The Labute approximate surface area is 125 Å². The summed E-state index contributed by atoms with van der Waals surface area (Å²) < 4.78 is 1.58. The lowest BCUT2D eigenvalue weighted by molar-refractivity contribution is 0.102. The van der Waals surface area contributed by atoms with Crippen LogP contribution in [-0.4, -0.2) is 15.9 Å². The van der Waals surface area contributed by atoms with Gasteiger partial charge in [-0.15, -0.1) is 0 Å². The summed E-state index contributed by atoms with van der Waals surface area (Å²) in [6.45, 7) is 0. The summed E-state index contributed by atoms with van der Waals surface area (Å²) >= 11 is 12.3. The van der Waals surface area contributed by atoms with Gasteiger partial charge < -0.3 is 5.32 Å². The van der Waals surface area contributed by atoms with Crippen LogP contribution in [0, 0.1) is 0 Å². The van der Waals surface area contributed by atoms with E-state index in [1.807, 2.05) is 0 Å². The first-order chi connectivity index (χ1) is 8.56. The first kappa shape index (κ1) is 13.5. The quantitative estimate of drug-likeness (QED) is 0.845. The molecule has 0 aliphatic carbocycles. The number of hydrogen-bond donors (Lipinski definition) is 1. The van der Waals surface area contributed by atoms with Crippen LogP contribution in [0.2, 0.25) is 5.15 Å². The van der Waals surface area contributed by atoms with Crippen LogP contribution in [0.25, 0.3) is 0 Å². The average Bonchev–Trinajstić information content (AvgIpc) is 2.32. The van der Waals surface area contributed by atoms with Gasteiger partial charge in [-0.2, -0.15) is 0 Å². The molecule has 0 radical (unpaired) electrons. The first-order valence-electron chi connectivity index (χ1n) is 4.80. The number of carbonyl (C=O) groups is 1. The van der Waals surface area contributed by atoms with Crippen LogP contribution in [0.3, 0.4) is 0 Å². The molecule has 7 heteroatoms. The third-order valence-electron chi connectivity index (χ3n) is 2.04. The van der Waals surface area contributed by atoms with Gasteiger partial charge in [-0.3, -0.25) is 4.79 Å². The fraction of sp³-hybridized carbons (Fsp3) is 0. The molecule has 0 aliphatic heterocycles. The van der Waals surface area contributed by atoms with Crippen LogP contribution < -0.4 is 5.32 Å². The monoisotopic (exact) mass is 389 g/mol. The third kappa shape index (κ3) is 3.28. The van der Waals surface area contributed by atoms with E-state index in [-0.39, 0.29) is 11.1 Å². The van der Waals surface area contributed by atoms with E-state index in [2.05, 4.69) is 47.1 Å². The van der Waals surface area contributed by atoms with Gasteiger partial charge in [0, 0.05) is 8.95 Å². The molecule has 18 heavy (non-hydrogen) atoms. The second kappa shape index (κ2) is 5.77. The summed E-state index contributed by atoms with van der Waals surface area (Å²) in [6, 6.07) is 5.28. The van der Waals surface area contributed by atoms with E-state index in [1.54, 1.807) is 18.2 Å². The van der Waals surface area contributed by atoms with Gasteiger partial charge in [0.1, 0.15) is 5.15 Å². The molecule has 4 nitrogen and oxygen atoms in total. The Morgan fingerprint density at radius 3 is 2.61 bits per heavy atom. The van der Waals surface area contributed by atoms with E-state index in [0.29, 0.717) is 15.9 Å². The molecule has 0 aliphatic rings. The number of halogens is 3. The third-order valence-corrected chi connectivity index (χ3v) is 3.38. The Kier molecular flexibility index (Phi) is 4.31. The molecule has 0 unspecified atom stereocenters. The molecule has 0 fully saturated rings. The summed E-state index contributed by atoms with van der Waals surface area (Å²) in [7, 11) is 0. The van der Waals surface area contributed by atoms with Gasteiger partial charge in [-0.1, -0.05) is 27.5 Å². The van der Waals surface area contributed by atoms with E-state index >= 15 is 0 Å². The lowest BCUT2D eigenvalue weighted by Crippen LogP contribution is -2.13. The average molecular weight is 391 g/mol. The van der Waals surface area contributed by atoms with Gasteiger partial charge in [-0.05, 0) is 34.1 Å². The van der Waals surface area contributed by atoms with Crippen LogP contribution in [0.15, 0.2) is 39.5 Å². The lowest BCUT2D eigenvalue weighted by atomic mass is 10.2. The number of benzene rings is 1. The van der Waals surface area contributed by atoms with Crippen molar-refractivity contribution in [2.24, 2.45) is 0 Å². The summed E-state index contributed by atoms with van der Waals surface area (Å²) in [5.41, 5.74) is 0.509. The van der Waals surface area contributed by atoms with Crippen molar-refractivity contribution in [3.05, 3.63) is 50.3 Å². The topological polar surface area (TPSA) is 54.9 Å². The number of aromatic nitrogens is 2. The standard InChI is InChI=1S/C11H6Br2ClN3O/c12-6-1-2-7(8(13)3-6)11(18)17-10-5-15-9(14)4-16-10/h1-5H,(H,16,17,18). The van der Waals surface area contributed by atoms with Crippen molar-refractivity contribution in [1.29, 1.82) is 0 Å². The van der Waals surface area contributed by atoms with Gasteiger partial charge in [0.25, 0.3) is 5.91 Å². The number of carbonyl (C=O) groups excluding carboxylic acids is 1. The molecule has 0 saturated carbocycles. The Morgan fingerprint density at radius 1 is 1.22 bits per heavy atom. The number of hydrogen-bond acceptors (Lipinski definition) is 3. The summed E-state index contributed by atoms with van der Waals surface area (Å²) in [4.78, 5) is 19.7. The van der Waals surface area contributed by atoms with E-state index < -0.39 is 0 Å². The maximum Gasteiger partial charge on any atom is 0.258 e. The summed E-state index contributed by atoms with van der Waals surface area (Å²) in [5, 5.41) is 2.90. The fourth-order valence-electron chi connectivity index (χ4n) is 1.23. The minimum absolute atomic E-state index is 0.272. The second-order valence-corrected chi connectivity index (χ2v) is 5.46. The Balaban J connectivity index is 2.19. The molecule has 1 amide bonds. The van der Waals surface area contributed by atoms with Crippen LogP contribution in [0.1, 0.15) is 10.4 Å². The van der Waals surface area contributed by atoms with E-state index in [9.17, 15) is 4.79 Å². The highest BCUT2D eigenvalue weighted by molar-refractivity contribution is 9.11. The van der Waals surface area contributed by atoms with Gasteiger partial charge >= 0.3 is 0 Å². The zero-order valence-corrected chi connectivity index (χ0v) is 12.8. The molecule has 1 aromatic carbocycles. The number of anilines is 1.